The van der Waals surface area contributed by atoms with Crippen molar-refractivity contribution < 1.29 is 18.7 Å². The van der Waals surface area contributed by atoms with E-state index < -0.39 is 0 Å². The number of amides is 2. The minimum absolute atomic E-state index is 0.0414. The Balaban J connectivity index is 1.61. The maximum absolute atomic E-state index is 13.4. The summed E-state index contributed by atoms with van der Waals surface area (Å²) in [4.78, 5) is 27.5. The smallest absolute Gasteiger partial charge is 0.409 e. The summed E-state index contributed by atoms with van der Waals surface area (Å²) in [6, 6.07) is 6.40. The van der Waals surface area contributed by atoms with Crippen molar-refractivity contribution in [1.82, 2.24) is 14.4 Å². The van der Waals surface area contributed by atoms with E-state index in [4.69, 9.17) is 4.74 Å². The fourth-order valence-electron chi connectivity index (χ4n) is 2.89. The molecule has 0 N–H and O–H groups in total. The van der Waals surface area contributed by atoms with Crippen LogP contribution in [0.15, 0.2) is 30.5 Å². The first-order chi connectivity index (χ1) is 11.6. The number of benzene rings is 1. The zero-order chi connectivity index (χ0) is 17.1. The van der Waals surface area contributed by atoms with E-state index in [-0.39, 0.29) is 24.4 Å². The van der Waals surface area contributed by atoms with E-state index in [2.05, 4.69) is 0 Å². The maximum atomic E-state index is 13.4. The molecule has 1 aliphatic heterocycles. The first-order valence-electron chi connectivity index (χ1n) is 8.02. The van der Waals surface area contributed by atoms with Gasteiger partial charge in [0.05, 0.1) is 12.1 Å². The molecule has 1 aromatic carbocycles. The molecule has 2 amide bonds. The average molecular weight is 333 g/mol. The number of carbonyl (C=O) groups is 2. The zero-order valence-electron chi connectivity index (χ0n) is 13.6. The molecule has 0 radical (unpaired) electrons. The lowest BCUT2D eigenvalue weighted by molar-refractivity contribution is -0.133. The largest absolute Gasteiger partial charge is 0.450 e. The number of hydrogen-bond donors (Lipinski definition) is 0. The lowest BCUT2D eigenvalue weighted by Gasteiger charge is -2.34. The highest BCUT2D eigenvalue weighted by Gasteiger charge is 2.25. The van der Waals surface area contributed by atoms with Crippen molar-refractivity contribution >= 4 is 22.9 Å². The van der Waals surface area contributed by atoms with Crippen LogP contribution in [0.3, 0.4) is 0 Å². The van der Waals surface area contributed by atoms with Crippen molar-refractivity contribution in [2.75, 3.05) is 32.8 Å². The van der Waals surface area contributed by atoms with Crippen LogP contribution in [0.4, 0.5) is 9.18 Å². The van der Waals surface area contributed by atoms with Gasteiger partial charge in [0.15, 0.2) is 0 Å². The van der Waals surface area contributed by atoms with E-state index >= 15 is 0 Å². The molecular formula is C17H20FN3O3. The molecule has 128 valence electrons. The van der Waals surface area contributed by atoms with Crippen molar-refractivity contribution in [1.29, 1.82) is 0 Å². The summed E-state index contributed by atoms with van der Waals surface area (Å²) in [5, 5.41) is 0.899. The van der Waals surface area contributed by atoms with Crippen molar-refractivity contribution in [3.63, 3.8) is 0 Å². The zero-order valence-corrected chi connectivity index (χ0v) is 13.6. The van der Waals surface area contributed by atoms with Gasteiger partial charge in [-0.2, -0.15) is 0 Å². The minimum atomic E-state index is -0.337. The Labute approximate surface area is 139 Å². The summed E-state index contributed by atoms with van der Waals surface area (Å²) in [5.74, 6) is -0.363. The van der Waals surface area contributed by atoms with Crippen LogP contribution in [0.25, 0.3) is 10.9 Å². The Morgan fingerprint density at radius 3 is 2.54 bits per heavy atom. The highest BCUT2D eigenvalue weighted by molar-refractivity contribution is 5.83. The van der Waals surface area contributed by atoms with Crippen LogP contribution < -0.4 is 0 Å². The molecule has 1 saturated heterocycles. The molecule has 7 heteroatoms. The Kier molecular flexibility index (Phi) is 4.69. The lowest BCUT2D eigenvalue weighted by atomic mass is 10.2. The van der Waals surface area contributed by atoms with E-state index in [0.717, 1.165) is 5.39 Å². The Bertz CT molecular complexity index is 751. The second kappa shape index (κ2) is 6.90. The van der Waals surface area contributed by atoms with E-state index in [9.17, 15) is 14.0 Å². The monoisotopic (exact) mass is 333 g/mol. The topological polar surface area (TPSA) is 54.8 Å². The average Bonchev–Trinajstić information content (AvgIpc) is 2.97. The summed E-state index contributed by atoms with van der Waals surface area (Å²) in [7, 11) is 0. The molecule has 2 aromatic rings. The first kappa shape index (κ1) is 16.3. The number of piperazine rings is 1. The lowest BCUT2D eigenvalue weighted by Crippen LogP contribution is -2.51. The van der Waals surface area contributed by atoms with Crippen LogP contribution in [0.5, 0.6) is 0 Å². The third-order valence-corrected chi connectivity index (χ3v) is 4.20. The Hall–Kier alpha value is -2.57. The van der Waals surface area contributed by atoms with Gasteiger partial charge < -0.3 is 19.1 Å². The third-order valence-electron chi connectivity index (χ3n) is 4.20. The number of aromatic nitrogens is 1. The van der Waals surface area contributed by atoms with Crippen LogP contribution >= 0.6 is 0 Å². The fraction of sp³-hybridized carbons (Fsp3) is 0.412. The van der Waals surface area contributed by atoms with Gasteiger partial charge in [-0.3, -0.25) is 4.79 Å². The van der Waals surface area contributed by atoms with E-state index in [0.29, 0.717) is 38.3 Å². The SMILES string of the molecule is CCOC(=O)N1CCN(C(=O)Cn2ccc3ccc(F)cc32)CC1. The molecule has 0 spiro atoms. The number of rotatable bonds is 3. The van der Waals surface area contributed by atoms with Gasteiger partial charge >= 0.3 is 6.09 Å². The van der Waals surface area contributed by atoms with Crippen LogP contribution in [0.2, 0.25) is 0 Å². The third kappa shape index (κ3) is 3.34. The molecule has 0 bridgehead atoms. The summed E-state index contributed by atoms with van der Waals surface area (Å²) >= 11 is 0. The molecule has 3 rings (SSSR count). The Morgan fingerprint density at radius 1 is 1.12 bits per heavy atom. The summed E-state index contributed by atoms with van der Waals surface area (Å²) in [5.41, 5.74) is 0.702. The molecule has 0 aliphatic carbocycles. The number of hydrogen-bond acceptors (Lipinski definition) is 3. The van der Waals surface area contributed by atoms with Gasteiger partial charge in [0.25, 0.3) is 0 Å². The van der Waals surface area contributed by atoms with Crippen molar-refractivity contribution in [3.05, 3.63) is 36.3 Å². The fourth-order valence-corrected chi connectivity index (χ4v) is 2.89. The van der Waals surface area contributed by atoms with Crippen LogP contribution in [0, 0.1) is 5.82 Å². The quantitative estimate of drug-likeness (QED) is 0.864. The molecule has 0 unspecified atom stereocenters. The van der Waals surface area contributed by atoms with Crippen molar-refractivity contribution in [3.8, 4) is 0 Å². The summed E-state index contributed by atoms with van der Waals surface area (Å²) in [6.07, 6.45) is 1.45. The van der Waals surface area contributed by atoms with Gasteiger partial charge in [0.1, 0.15) is 12.4 Å². The van der Waals surface area contributed by atoms with Gasteiger partial charge in [0, 0.05) is 32.4 Å². The van der Waals surface area contributed by atoms with Gasteiger partial charge in [-0.05, 0) is 36.6 Å². The van der Waals surface area contributed by atoms with Crippen molar-refractivity contribution in [2.45, 2.75) is 13.5 Å². The molecule has 1 aliphatic rings. The van der Waals surface area contributed by atoms with Gasteiger partial charge in [-0.25, -0.2) is 9.18 Å². The minimum Gasteiger partial charge on any atom is -0.450 e. The van der Waals surface area contributed by atoms with Crippen LogP contribution in [-0.4, -0.2) is 59.2 Å². The molecule has 24 heavy (non-hydrogen) atoms. The standard InChI is InChI=1S/C17H20FN3O3/c1-2-24-17(23)20-9-7-19(8-10-20)16(22)12-21-6-5-13-3-4-14(18)11-15(13)21/h3-6,11H,2,7-10,12H2,1H3. The molecule has 0 saturated carbocycles. The Morgan fingerprint density at radius 2 is 1.83 bits per heavy atom. The van der Waals surface area contributed by atoms with Crippen LogP contribution in [0.1, 0.15) is 6.92 Å². The van der Waals surface area contributed by atoms with E-state index in [1.807, 2.05) is 6.07 Å². The number of fused-ring (bicyclic) bond motifs is 1. The molecule has 6 nitrogen and oxygen atoms in total. The second-order valence-electron chi connectivity index (χ2n) is 5.71. The van der Waals surface area contributed by atoms with Crippen LogP contribution in [-0.2, 0) is 16.1 Å². The maximum Gasteiger partial charge on any atom is 0.409 e. The van der Waals surface area contributed by atoms with E-state index in [1.165, 1.54) is 12.1 Å². The molecule has 0 atom stereocenters. The summed E-state index contributed by atoms with van der Waals surface area (Å²) in [6.45, 7) is 4.15. The van der Waals surface area contributed by atoms with Gasteiger partial charge in [-0.1, -0.05) is 0 Å². The van der Waals surface area contributed by atoms with E-state index in [1.54, 1.807) is 33.6 Å². The first-order valence-corrected chi connectivity index (χ1v) is 8.02. The number of carbonyl (C=O) groups excluding carboxylic acids is 2. The predicted molar refractivity (Wildman–Crippen MR) is 87.1 cm³/mol. The normalized spacial score (nSPS) is 14.9. The summed E-state index contributed by atoms with van der Waals surface area (Å²) < 4.78 is 20.1. The van der Waals surface area contributed by atoms with Crippen molar-refractivity contribution in [2.24, 2.45) is 0 Å². The van der Waals surface area contributed by atoms with Gasteiger partial charge in [-0.15, -0.1) is 0 Å². The molecular weight excluding hydrogens is 313 g/mol. The molecule has 1 fully saturated rings. The number of nitrogens with zero attached hydrogens (tertiary/aromatic N) is 3. The molecule has 2 heterocycles. The van der Waals surface area contributed by atoms with Gasteiger partial charge in [0.2, 0.25) is 5.91 Å². The second-order valence-corrected chi connectivity index (χ2v) is 5.71. The highest BCUT2D eigenvalue weighted by atomic mass is 19.1. The predicted octanol–water partition coefficient (Wildman–Crippen LogP) is 2.08. The number of halogens is 1. The number of ether oxygens (including phenoxy) is 1. The highest BCUT2D eigenvalue weighted by Crippen LogP contribution is 2.17. The molecule has 1 aromatic heterocycles.